The van der Waals surface area contributed by atoms with Crippen LogP contribution in [0.2, 0.25) is 0 Å². The lowest BCUT2D eigenvalue weighted by molar-refractivity contribution is 0.560. The predicted molar refractivity (Wildman–Crippen MR) is 79.2 cm³/mol. The summed E-state index contributed by atoms with van der Waals surface area (Å²) in [6.07, 6.45) is 1.09. The van der Waals surface area contributed by atoms with Crippen molar-refractivity contribution in [2.24, 2.45) is 0 Å². The van der Waals surface area contributed by atoms with E-state index in [4.69, 9.17) is 4.42 Å². The zero-order chi connectivity index (χ0) is 13.0. The minimum Gasteiger partial charge on any atom is -0.423 e. The van der Waals surface area contributed by atoms with Gasteiger partial charge in [0, 0.05) is 22.1 Å². The summed E-state index contributed by atoms with van der Waals surface area (Å²) in [6.45, 7) is 1.99. The van der Waals surface area contributed by atoms with E-state index in [1.807, 2.05) is 30.8 Å². The molecule has 0 unspecified atom stereocenters. The Labute approximate surface area is 114 Å². The van der Waals surface area contributed by atoms with Crippen molar-refractivity contribution in [3.8, 4) is 0 Å². The summed E-state index contributed by atoms with van der Waals surface area (Å²) in [4.78, 5) is 12.9. The summed E-state index contributed by atoms with van der Waals surface area (Å²) >= 11 is 1.91. The molecule has 0 aliphatic carbocycles. The first-order valence-electron chi connectivity index (χ1n) is 6.36. The Hall–Kier alpha value is -1.74. The average molecular weight is 268 g/mol. The Morgan fingerprint density at radius 1 is 1.16 bits per heavy atom. The fourth-order valence-electron chi connectivity index (χ4n) is 2.96. The summed E-state index contributed by atoms with van der Waals surface area (Å²) in [5.41, 5.74) is 2.83. The van der Waals surface area contributed by atoms with Gasteiger partial charge in [0.1, 0.15) is 5.58 Å². The summed E-state index contributed by atoms with van der Waals surface area (Å²) in [6, 6.07) is 9.90. The van der Waals surface area contributed by atoms with Gasteiger partial charge in [0.2, 0.25) is 0 Å². The van der Waals surface area contributed by atoms with Crippen molar-refractivity contribution in [3.63, 3.8) is 0 Å². The van der Waals surface area contributed by atoms with Gasteiger partial charge in [-0.1, -0.05) is 12.1 Å². The first-order chi connectivity index (χ1) is 9.24. The number of aryl methyl sites for hydroxylation is 2. The van der Waals surface area contributed by atoms with Crippen LogP contribution in [0.5, 0.6) is 0 Å². The second kappa shape index (κ2) is 3.87. The molecule has 0 fully saturated rings. The molecule has 2 aromatic carbocycles. The van der Waals surface area contributed by atoms with E-state index in [2.05, 4.69) is 12.1 Å². The third-order valence-corrected chi connectivity index (χ3v) is 4.86. The van der Waals surface area contributed by atoms with Crippen LogP contribution >= 0.6 is 11.8 Å². The summed E-state index contributed by atoms with van der Waals surface area (Å²) < 4.78 is 5.35. The third kappa shape index (κ3) is 1.55. The highest BCUT2D eigenvalue weighted by Crippen LogP contribution is 2.39. The van der Waals surface area contributed by atoms with Crippen LogP contribution in [0.3, 0.4) is 0 Å². The highest BCUT2D eigenvalue weighted by Gasteiger charge is 2.17. The van der Waals surface area contributed by atoms with Crippen molar-refractivity contribution >= 4 is 33.5 Å². The van der Waals surface area contributed by atoms with E-state index in [-0.39, 0.29) is 5.63 Å². The van der Waals surface area contributed by atoms with Crippen molar-refractivity contribution in [1.29, 1.82) is 0 Å². The lowest BCUT2D eigenvalue weighted by atomic mass is 9.97. The molecule has 0 N–H and O–H groups in total. The molecule has 2 heterocycles. The molecular weight excluding hydrogens is 256 g/mol. The fraction of sp³-hybridized carbons (Fsp3) is 0.188. The van der Waals surface area contributed by atoms with Gasteiger partial charge in [0.05, 0.1) is 0 Å². The summed E-state index contributed by atoms with van der Waals surface area (Å²) in [7, 11) is 0. The maximum atomic E-state index is 11.5. The van der Waals surface area contributed by atoms with Gasteiger partial charge in [0.15, 0.2) is 0 Å². The highest BCUT2D eigenvalue weighted by molar-refractivity contribution is 7.99. The highest BCUT2D eigenvalue weighted by atomic mass is 32.2. The zero-order valence-electron chi connectivity index (χ0n) is 10.5. The molecule has 1 aromatic heterocycles. The third-order valence-electron chi connectivity index (χ3n) is 3.76. The van der Waals surface area contributed by atoms with Crippen LogP contribution in [-0.2, 0) is 6.42 Å². The Kier molecular flexibility index (Phi) is 2.27. The largest absolute Gasteiger partial charge is 0.423 e. The van der Waals surface area contributed by atoms with Gasteiger partial charge < -0.3 is 4.42 Å². The van der Waals surface area contributed by atoms with E-state index in [1.54, 1.807) is 6.07 Å². The van der Waals surface area contributed by atoms with Crippen LogP contribution in [0.1, 0.15) is 11.1 Å². The van der Waals surface area contributed by atoms with E-state index < -0.39 is 0 Å². The Morgan fingerprint density at radius 2 is 2.00 bits per heavy atom. The standard InChI is InChI=1S/C16H12O2S/c1-9-8-14(17)18-12-4-2-10-3-5-13-11(6-7-19-13)16(10)15(9)12/h2-5,8H,6-7H2,1H3. The molecule has 94 valence electrons. The maximum absolute atomic E-state index is 11.5. The van der Waals surface area contributed by atoms with Crippen LogP contribution in [0.25, 0.3) is 21.7 Å². The number of thioether (sulfide) groups is 1. The van der Waals surface area contributed by atoms with Crippen LogP contribution in [0, 0.1) is 6.92 Å². The quantitative estimate of drug-likeness (QED) is 0.457. The van der Waals surface area contributed by atoms with Gasteiger partial charge in [-0.3, -0.25) is 0 Å². The Morgan fingerprint density at radius 3 is 2.89 bits per heavy atom. The molecule has 0 amide bonds. The van der Waals surface area contributed by atoms with Crippen molar-refractivity contribution in [1.82, 2.24) is 0 Å². The number of benzene rings is 2. The molecule has 1 aliphatic rings. The number of hydrogen-bond donors (Lipinski definition) is 0. The van der Waals surface area contributed by atoms with Crippen molar-refractivity contribution in [2.45, 2.75) is 18.2 Å². The van der Waals surface area contributed by atoms with Crippen LogP contribution in [0.4, 0.5) is 0 Å². The molecule has 1 aliphatic heterocycles. The van der Waals surface area contributed by atoms with E-state index in [0.29, 0.717) is 5.58 Å². The van der Waals surface area contributed by atoms with E-state index in [0.717, 1.165) is 23.1 Å². The molecule has 0 saturated heterocycles. The average Bonchev–Trinajstić information content (AvgIpc) is 2.85. The molecular formula is C16H12O2S. The number of fused-ring (bicyclic) bond motifs is 5. The molecule has 0 bridgehead atoms. The topological polar surface area (TPSA) is 30.2 Å². The van der Waals surface area contributed by atoms with Gasteiger partial charge in [-0.05, 0) is 47.4 Å². The molecule has 3 aromatic rings. The molecule has 0 spiro atoms. The normalized spacial score (nSPS) is 14.2. The molecule has 2 nitrogen and oxygen atoms in total. The minimum atomic E-state index is -0.272. The van der Waals surface area contributed by atoms with E-state index in [1.165, 1.54) is 21.2 Å². The van der Waals surface area contributed by atoms with Gasteiger partial charge in [-0.2, -0.15) is 0 Å². The van der Waals surface area contributed by atoms with Gasteiger partial charge in [-0.25, -0.2) is 4.79 Å². The lowest BCUT2D eigenvalue weighted by Gasteiger charge is -2.09. The molecule has 3 heteroatoms. The monoisotopic (exact) mass is 268 g/mol. The SMILES string of the molecule is Cc1cc(=O)oc2ccc3ccc4c(c3c12)CCS4. The molecule has 0 atom stereocenters. The second-order valence-electron chi connectivity index (χ2n) is 4.93. The zero-order valence-corrected chi connectivity index (χ0v) is 11.3. The predicted octanol–water partition coefficient (Wildman–Crippen LogP) is 3.90. The number of hydrogen-bond acceptors (Lipinski definition) is 3. The first kappa shape index (κ1) is 11.1. The number of rotatable bonds is 0. The van der Waals surface area contributed by atoms with Gasteiger partial charge in [0.25, 0.3) is 0 Å². The Balaban J connectivity index is 2.31. The fourth-order valence-corrected chi connectivity index (χ4v) is 4.03. The van der Waals surface area contributed by atoms with Gasteiger partial charge >= 0.3 is 5.63 Å². The van der Waals surface area contributed by atoms with Crippen LogP contribution in [0.15, 0.2) is 44.4 Å². The maximum Gasteiger partial charge on any atom is 0.336 e. The second-order valence-corrected chi connectivity index (χ2v) is 6.06. The smallest absolute Gasteiger partial charge is 0.336 e. The van der Waals surface area contributed by atoms with E-state index >= 15 is 0 Å². The minimum absolute atomic E-state index is 0.272. The molecule has 0 saturated carbocycles. The van der Waals surface area contributed by atoms with Crippen LogP contribution in [-0.4, -0.2) is 5.75 Å². The summed E-state index contributed by atoms with van der Waals surface area (Å²) in [5, 5.41) is 3.59. The van der Waals surface area contributed by atoms with Crippen molar-refractivity contribution in [2.75, 3.05) is 5.75 Å². The Bertz CT molecular complexity index is 877. The van der Waals surface area contributed by atoms with Gasteiger partial charge in [-0.15, -0.1) is 11.8 Å². The van der Waals surface area contributed by atoms with Crippen molar-refractivity contribution in [3.05, 3.63) is 51.9 Å². The van der Waals surface area contributed by atoms with Crippen LogP contribution < -0.4 is 5.63 Å². The molecule has 0 radical (unpaired) electrons. The van der Waals surface area contributed by atoms with E-state index in [9.17, 15) is 4.79 Å². The molecule has 4 rings (SSSR count). The lowest BCUT2D eigenvalue weighted by Crippen LogP contribution is -1.99. The van der Waals surface area contributed by atoms with Crippen molar-refractivity contribution < 1.29 is 4.42 Å². The molecule has 19 heavy (non-hydrogen) atoms. The first-order valence-corrected chi connectivity index (χ1v) is 7.34. The summed E-state index contributed by atoms with van der Waals surface area (Å²) in [5.74, 6) is 1.14.